The molecule has 1 aromatic heterocycles. The zero-order valence-corrected chi connectivity index (χ0v) is 11.6. The van der Waals surface area contributed by atoms with E-state index in [0.29, 0.717) is 10.9 Å². The first-order chi connectivity index (χ1) is 8.41. The summed E-state index contributed by atoms with van der Waals surface area (Å²) in [5.41, 5.74) is 0. The van der Waals surface area contributed by atoms with Crippen LogP contribution < -0.4 is 5.32 Å². The van der Waals surface area contributed by atoms with Crippen LogP contribution in [0.5, 0.6) is 0 Å². The van der Waals surface area contributed by atoms with Crippen LogP contribution in [0.3, 0.4) is 0 Å². The van der Waals surface area contributed by atoms with Crippen LogP contribution in [0.25, 0.3) is 0 Å². The number of aromatic nitrogens is 2. The Labute approximate surface area is 114 Å². The molecule has 100 valence electrons. The lowest BCUT2D eigenvalue weighted by Gasteiger charge is -2.12. The van der Waals surface area contributed by atoms with Gasteiger partial charge in [0.05, 0.1) is 11.9 Å². The number of hydrogen-bond donors (Lipinski definition) is 2. The van der Waals surface area contributed by atoms with Crippen LogP contribution in [0, 0.1) is 0 Å². The summed E-state index contributed by atoms with van der Waals surface area (Å²) in [5, 5.41) is 11.8. The van der Waals surface area contributed by atoms with Gasteiger partial charge in [0.25, 0.3) is 0 Å². The Balaban J connectivity index is 2.46. The third-order valence-corrected chi connectivity index (χ3v) is 3.60. The Morgan fingerprint density at radius 1 is 1.67 bits per heavy atom. The molecule has 0 unspecified atom stereocenters. The van der Waals surface area contributed by atoms with Gasteiger partial charge in [-0.25, -0.2) is 9.78 Å². The number of carbonyl (C=O) groups excluding carboxylic acids is 1. The molecule has 0 aromatic carbocycles. The van der Waals surface area contributed by atoms with Crippen LogP contribution in [0.15, 0.2) is 6.20 Å². The van der Waals surface area contributed by atoms with E-state index >= 15 is 0 Å². The normalized spacial score (nSPS) is 12.2. The Bertz CT molecular complexity index is 450. The van der Waals surface area contributed by atoms with Crippen LogP contribution >= 0.6 is 23.4 Å². The van der Waals surface area contributed by atoms with E-state index in [0.717, 1.165) is 5.82 Å². The van der Waals surface area contributed by atoms with Gasteiger partial charge in [-0.1, -0.05) is 11.6 Å². The zero-order valence-electron chi connectivity index (χ0n) is 10.0. The second-order valence-corrected chi connectivity index (χ2v) is 5.08. The van der Waals surface area contributed by atoms with Gasteiger partial charge in [0.1, 0.15) is 17.0 Å². The molecule has 2 N–H and O–H groups in total. The smallest absolute Gasteiger partial charge is 0.327 e. The third kappa shape index (κ3) is 4.23. The number of carboxylic acid groups (broad SMARTS) is 1. The van der Waals surface area contributed by atoms with Gasteiger partial charge in [0.15, 0.2) is 0 Å². The van der Waals surface area contributed by atoms with Gasteiger partial charge >= 0.3 is 5.97 Å². The molecule has 1 heterocycles. The molecule has 0 aliphatic heterocycles. The minimum absolute atomic E-state index is 0.277. The van der Waals surface area contributed by atoms with E-state index in [-0.39, 0.29) is 11.7 Å². The van der Waals surface area contributed by atoms with Gasteiger partial charge in [0, 0.05) is 19.7 Å². The van der Waals surface area contributed by atoms with Crippen molar-refractivity contribution in [2.75, 3.05) is 5.75 Å². The molecule has 0 aliphatic carbocycles. The number of carbonyl (C=O) groups is 2. The van der Waals surface area contributed by atoms with E-state index in [1.54, 1.807) is 17.8 Å². The highest BCUT2D eigenvalue weighted by atomic mass is 35.5. The number of nitrogens with zero attached hydrogens (tertiary/aromatic N) is 2. The second-order valence-electron chi connectivity index (χ2n) is 3.66. The fraction of sp³-hybridized carbons (Fsp3) is 0.500. The molecule has 0 bridgehead atoms. The van der Waals surface area contributed by atoms with Crippen LogP contribution in [0.1, 0.15) is 12.7 Å². The summed E-state index contributed by atoms with van der Waals surface area (Å²) in [5.74, 6) is 0.168. The number of aliphatic carboxylic acids is 1. The average Bonchev–Trinajstić information content (AvgIpc) is 2.58. The van der Waals surface area contributed by atoms with Gasteiger partial charge < -0.3 is 15.0 Å². The highest BCUT2D eigenvalue weighted by Crippen LogP contribution is 2.15. The van der Waals surface area contributed by atoms with Gasteiger partial charge in [-0.2, -0.15) is 11.8 Å². The SMILES string of the molecule is CC(=O)N[C@@H](CSCc1ncc(Cl)n1C)C(=O)O. The Morgan fingerprint density at radius 2 is 2.33 bits per heavy atom. The van der Waals surface area contributed by atoms with E-state index in [1.165, 1.54) is 18.7 Å². The Hall–Kier alpha value is -1.21. The van der Waals surface area contributed by atoms with E-state index in [9.17, 15) is 9.59 Å². The predicted octanol–water partition coefficient (Wildman–Crippen LogP) is 0.896. The van der Waals surface area contributed by atoms with E-state index in [1.807, 2.05) is 0 Å². The maximum Gasteiger partial charge on any atom is 0.327 e. The monoisotopic (exact) mass is 291 g/mol. The first-order valence-corrected chi connectivity index (χ1v) is 6.68. The van der Waals surface area contributed by atoms with Gasteiger partial charge in [-0.3, -0.25) is 4.79 Å². The van der Waals surface area contributed by atoms with Crippen molar-refractivity contribution in [1.82, 2.24) is 14.9 Å². The molecule has 0 saturated carbocycles. The Kier molecular flexibility index (Phi) is 5.49. The van der Waals surface area contributed by atoms with Crippen molar-refractivity contribution in [2.45, 2.75) is 18.7 Å². The molecule has 0 spiro atoms. The minimum Gasteiger partial charge on any atom is -0.480 e. The van der Waals surface area contributed by atoms with E-state index < -0.39 is 12.0 Å². The first kappa shape index (κ1) is 14.8. The molecular formula is C10H14ClN3O3S. The van der Waals surface area contributed by atoms with Crippen molar-refractivity contribution >= 4 is 35.2 Å². The van der Waals surface area contributed by atoms with Crippen molar-refractivity contribution in [3.8, 4) is 0 Å². The lowest BCUT2D eigenvalue weighted by atomic mass is 10.3. The number of amides is 1. The average molecular weight is 292 g/mol. The van der Waals surface area contributed by atoms with Crippen LogP contribution in [-0.4, -0.2) is 38.3 Å². The van der Waals surface area contributed by atoms with Gasteiger partial charge in [-0.05, 0) is 0 Å². The summed E-state index contributed by atoms with van der Waals surface area (Å²) in [7, 11) is 1.79. The number of carboxylic acids is 1. The molecule has 0 aliphatic rings. The molecule has 0 saturated heterocycles. The summed E-state index contributed by atoms with van der Waals surface area (Å²) >= 11 is 7.20. The van der Waals surface area contributed by atoms with Crippen molar-refractivity contribution < 1.29 is 14.7 Å². The van der Waals surface area contributed by atoms with Gasteiger partial charge in [0.2, 0.25) is 5.91 Å². The summed E-state index contributed by atoms with van der Waals surface area (Å²) in [6.07, 6.45) is 1.54. The molecule has 1 atom stereocenters. The molecule has 8 heteroatoms. The largest absolute Gasteiger partial charge is 0.480 e. The van der Waals surface area contributed by atoms with E-state index in [2.05, 4.69) is 10.3 Å². The van der Waals surface area contributed by atoms with Gasteiger partial charge in [-0.15, -0.1) is 0 Å². The lowest BCUT2D eigenvalue weighted by Crippen LogP contribution is -2.41. The van der Waals surface area contributed by atoms with Crippen molar-refractivity contribution in [1.29, 1.82) is 0 Å². The number of halogens is 1. The summed E-state index contributed by atoms with van der Waals surface area (Å²) in [6, 6.07) is -0.886. The predicted molar refractivity (Wildman–Crippen MR) is 69.6 cm³/mol. The lowest BCUT2D eigenvalue weighted by molar-refractivity contribution is -0.140. The molecule has 0 radical (unpaired) electrons. The van der Waals surface area contributed by atoms with E-state index in [4.69, 9.17) is 16.7 Å². The molecule has 18 heavy (non-hydrogen) atoms. The molecular weight excluding hydrogens is 278 g/mol. The highest BCUT2D eigenvalue weighted by molar-refractivity contribution is 7.98. The molecule has 1 rings (SSSR count). The fourth-order valence-electron chi connectivity index (χ4n) is 1.25. The van der Waals surface area contributed by atoms with Crippen LogP contribution in [0.4, 0.5) is 0 Å². The number of thioether (sulfide) groups is 1. The summed E-state index contributed by atoms with van der Waals surface area (Å²) in [6.45, 7) is 1.29. The number of hydrogen-bond acceptors (Lipinski definition) is 4. The van der Waals surface area contributed by atoms with Crippen molar-refractivity contribution in [3.63, 3.8) is 0 Å². The topological polar surface area (TPSA) is 84.2 Å². The second kappa shape index (κ2) is 6.65. The molecule has 6 nitrogen and oxygen atoms in total. The first-order valence-electron chi connectivity index (χ1n) is 5.15. The fourth-order valence-corrected chi connectivity index (χ4v) is 2.42. The number of imidazole rings is 1. The standard InChI is InChI=1S/C10H14ClN3O3S/c1-6(15)13-7(10(16)17)4-18-5-9-12-3-8(11)14(9)2/h3,7H,4-5H2,1-2H3,(H,13,15)(H,16,17)/t7-/m0/s1. The quantitative estimate of drug-likeness (QED) is 0.813. The minimum atomic E-state index is -1.05. The van der Waals surface area contributed by atoms with Crippen molar-refractivity contribution in [2.24, 2.45) is 7.05 Å². The van der Waals surface area contributed by atoms with Crippen LogP contribution in [-0.2, 0) is 22.4 Å². The summed E-state index contributed by atoms with van der Waals surface area (Å²) < 4.78 is 1.72. The Morgan fingerprint density at radius 3 is 2.78 bits per heavy atom. The molecule has 1 aromatic rings. The third-order valence-electron chi connectivity index (χ3n) is 2.22. The zero-order chi connectivity index (χ0) is 13.7. The molecule has 0 fully saturated rings. The maximum absolute atomic E-state index is 10.9. The molecule has 1 amide bonds. The van der Waals surface area contributed by atoms with Crippen molar-refractivity contribution in [3.05, 3.63) is 17.2 Å². The maximum atomic E-state index is 10.9. The number of rotatable bonds is 6. The number of nitrogens with one attached hydrogen (secondary N) is 1. The van der Waals surface area contributed by atoms with Crippen LogP contribution in [0.2, 0.25) is 5.15 Å². The highest BCUT2D eigenvalue weighted by Gasteiger charge is 2.18. The summed E-state index contributed by atoms with van der Waals surface area (Å²) in [4.78, 5) is 25.8.